The van der Waals surface area contributed by atoms with Crippen LogP contribution in [0.1, 0.15) is 18.0 Å². The van der Waals surface area contributed by atoms with E-state index in [1.54, 1.807) is 6.07 Å². The largest absolute Gasteiger partial charge is 0.469 e. The Bertz CT molecular complexity index is 370. The molecule has 0 aromatic heterocycles. The number of hydrogen-bond donors (Lipinski definition) is 1. The van der Waals surface area contributed by atoms with Gasteiger partial charge in [0.25, 0.3) is 0 Å². The van der Waals surface area contributed by atoms with Crippen LogP contribution in [-0.4, -0.2) is 13.1 Å². The van der Waals surface area contributed by atoms with E-state index in [2.05, 4.69) is 4.74 Å². The zero-order chi connectivity index (χ0) is 11.4. The van der Waals surface area contributed by atoms with Crippen molar-refractivity contribution in [3.8, 4) is 0 Å². The lowest BCUT2D eigenvalue weighted by Crippen LogP contribution is -2.17. The molecule has 0 spiro atoms. The van der Waals surface area contributed by atoms with E-state index in [0.717, 1.165) is 0 Å². The lowest BCUT2D eigenvalue weighted by molar-refractivity contribution is -0.141. The van der Waals surface area contributed by atoms with E-state index in [4.69, 9.17) is 17.3 Å². The number of esters is 1. The maximum absolute atomic E-state index is 13.4. The summed E-state index contributed by atoms with van der Waals surface area (Å²) in [6.07, 6.45) is -0.0756. The van der Waals surface area contributed by atoms with Gasteiger partial charge in [-0.3, -0.25) is 4.79 Å². The molecule has 1 rings (SSSR count). The molecule has 1 unspecified atom stereocenters. The van der Waals surface area contributed by atoms with Gasteiger partial charge in [-0.15, -0.1) is 0 Å². The van der Waals surface area contributed by atoms with Crippen molar-refractivity contribution < 1.29 is 13.9 Å². The average molecular weight is 232 g/mol. The Hall–Kier alpha value is -1.13. The molecule has 1 atom stereocenters. The molecular weight excluding hydrogens is 221 g/mol. The van der Waals surface area contributed by atoms with Crippen molar-refractivity contribution in [2.45, 2.75) is 12.5 Å². The molecule has 3 nitrogen and oxygen atoms in total. The number of hydrogen-bond acceptors (Lipinski definition) is 3. The summed E-state index contributed by atoms with van der Waals surface area (Å²) in [5, 5.41) is -0.00665. The van der Waals surface area contributed by atoms with Crippen molar-refractivity contribution in [2.75, 3.05) is 7.11 Å². The van der Waals surface area contributed by atoms with Gasteiger partial charge < -0.3 is 10.5 Å². The van der Waals surface area contributed by atoms with Crippen LogP contribution in [-0.2, 0) is 9.53 Å². The van der Waals surface area contributed by atoms with Crippen LogP contribution in [0.3, 0.4) is 0 Å². The van der Waals surface area contributed by atoms with Crippen molar-refractivity contribution in [1.82, 2.24) is 0 Å². The molecular formula is C10H11ClFNO2. The Balaban J connectivity index is 2.86. The predicted octanol–water partition coefficient (Wildman–Crippen LogP) is 2.04. The van der Waals surface area contributed by atoms with Gasteiger partial charge in [0.15, 0.2) is 0 Å². The van der Waals surface area contributed by atoms with Gasteiger partial charge in [0.2, 0.25) is 0 Å². The molecule has 0 aliphatic carbocycles. The minimum atomic E-state index is -0.740. The maximum atomic E-state index is 13.4. The highest BCUT2D eigenvalue weighted by Crippen LogP contribution is 2.23. The van der Waals surface area contributed by atoms with Crippen molar-refractivity contribution in [3.63, 3.8) is 0 Å². The van der Waals surface area contributed by atoms with Crippen molar-refractivity contribution in [1.29, 1.82) is 0 Å². The quantitative estimate of drug-likeness (QED) is 0.810. The Morgan fingerprint density at radius 2 is 2.33 bits per heavy atom. The Labute approximate surface area is 92.0 Å². The summed E-state index contributed by atoms with van der Waals surface area (Å²) in [4.78, 5) is 10.9. The first-order chi connectivity index (χ1) is 7.06. The maximum Gasteiger partial charge on any atom is 0.307 e. The van der Waals surface area contributed by atoms with Crippen LogP contribution in [0, 0.1) is 5.82 Å². The molecule has 0 heterocycles. The van der Waals surface area contributed by atoms with Crippen LogP contribution in [0.4, 0.5) is 4.39 Å². The van der Waals surface area contributed by atoms with E-state index in [1.165, 1.54) is 19.2 Å². The Morgan fingerprint density at radius 3 is 2.93 bits per heavy atom. The molecule has 0 amide bonds. The lowest BCUT2D eigenvalue weighted by atomic mass is 10.0. The molecule has 0 radical (unpaired) electrons. The Morgan fingerprint density at radius 1 is 1.67 bits per heavy atom. The van der Waals surface area contributed by atoms with E-state index < -0.39 is 17.8 Å². The van der Waals surface area contributed by atoms with Crippen molar-refractivity contribution >= 4 is 17.6 Å². The van der Waals surface area contributed by atoms with Gasteiger partial charge in [0, 0.05) is 11.6 Å². The molecule has 0 saturated heterocycles. The standard InChI is InChI=1S/C10H11ClFNO2/c1-15-9(14)5-8(13)6-3-2-4-7(11)10(6)12/h2-4,8H,5,13H2,1H3. The number of carbonyl (C=O) groups is 1. The molecule has 1 aromatic carbocycles. The SMILES string of the molecule is COC(=O)CC(N)c1cccc(Cl)c1F. The third-order valence-corrected chi connectivity index (χ3v) is 2.29. The molecule has 0 aliphatic heterocycles. The van der Waals surface area contributed by atoms with Crippen LogP contribution in [0.2, 0.25) is 5.02 Å². The molecule has 0 aliphatic rings. The highest BCUT2D eigenvalue weighted by Gasteiger charge is 2.16. The highest BCUT2D eigenvalue weighted by atomic mass is 35.5. The second kappa shape index (κ2) is 5.09. The van der Waals surface area contributed by atoms with E-state index in [1.807, 2.05) is 0 Å². The van der Waals surface area contributed by atoms with Gasteiger partial charge >= 0.3 is 5.97 Å². The van der Waals surface area contributed by atoms with Crippen LogP contribution >= 0.6 is 11.6 Å². The first-order valence-corrected chi connectivity index (χ1v) is 4.70. The van der Waals surface area contributed by atoms with E-state index >= 15 is 0 Å². The number of rotatable bonds is 3. The van der Waals surface area contributed by atoms with Crippen LogP contribution in [0.15, 0.2) is 18.2 Å². The molecule has 5 heteroatoms. The minimum Gasteiger partial charge on any atom is -0.469 e. The molecule has 2 N–H and O–H groups in total. The highest BCUT2D eigenvalue weighted by molar-refractivity contribution is 6.30. The summed E-state index contributed by atoms with van der Waals surface area (Å²) in [6.45, 7) is 0. The van der Waals surface area contributed by atoms with Gasteiger partial charge in [0.1, 0.15) is 5.82 Å². The van der Waals surface area contributed by atoms with E-state index in [0.29, 0.717) is 0 Å². The summed E-state index contributed by atoms with van der Waals surface area (Å²) in [7, 11) is 1.25. The number of carbonyl (C=O) groups excluding carboxylic acids is 1. The molecule has 0 saturated carbocycles. The monoisotopic (exact) mass is 231 g/mol. The first kappa shape index (κ1) is 11.9. The Kier molecular flexibility index (Phi) is 4.05. The van der Waals surface area contributed by atoms with E-state index in [9.17, 15) is 9.18 Å². The van der Waals surface area contributed by atoms with E-state index in [-0.39, 0.29) is 17.0 Å². The fourth-order valence-electron chi connectivity index (χ4n) is 1.18. The summed E-state index contributed by atoms with van der Waals surface area (Å²) in [5.41, 5.74) is 5.86. The molecule has 0 bridgehead atoms. The van der Waals surface area contributed by atoms with Crippen molar-refractivity contribution in [2.24, 2.45) is 5.73 Å². The van der Waals surface area contributed by atoms with Gasteiger partial charge in [-0.2, -0.15) is 0 Å². The molecule has 0 fully saturated rings. The second-order valence-corrected chi connectivity index (χ2v) is 3.44. The van der Waals surface area contributed by atoms with Crippen LogP contribution < -0.4 is 5.73 Å². The molecule has 15 heavy (non-hydrogen) atoms. The number of ether oxygens (including phenoxy) is 1. The predicted molar refractivity (Wildman–Crippen MR) is 55.0 cm³/mol. The number of nitrogens with two attached hydrogens (primary N) is 1. The topological polar surface area (TPSA) is 52.3 Å². The zero-order valence-corrected chi connectivity index (χ0v) is 8.92. The third kappa shape index (κ3) is 2.91. The minimum absolute atomic E-state index is 0.00665. The third-order valence-electron chi connectivity index (χ3n) is 2.00. The van der Waals surface area contributed by atoms with Gasteiger partial charge in [-0.25, -0.2) is 4.39 Å². The fourth-order valence-corrected chi connectivity index (χ4v) is 1.36. The molecule has 1 aromatic rings. The second-order valence-electron chi connectivity index (χ2n) is 3.03. The zero-order valence-electron chi connectivity index (χ0n) is 8.17. The molecule has 82 valence electrons. The first-order valence-electron chi connectivity index (χ1n) is 4.32. The van der Waals surface area contributed by atoms with Gasteiger partial charge in [-0.05, 0) is 6.07 Å². The van der Waals surface area contributed by atoms with Crippen molar-refractivity contribution in [3.05, 3.63) is 34.6 Å². The lowest BCUT2D eigenvalue weighted by Gasteiger charge is -2.11. The van der Waals surface area contributed by atoms with Gasteiger partial charge in [0.05, 0.1) is 18.6 Å². The normalized spacial score (nSPS) is 12.3. The van der Waals surface area contributed by atoms with Crippen LogP contribution in [0.5, 0.6) is 0 Å². The number of benzene rings is 1. The van der Waals surface area contributed by atoms with Gasteiger partial charge in [-0.1, -0.05) is 23.7 Å². The smallest absolute Gasteiger partial charge is 0.307 e. The summed E-state index contributed by atoms with van der Waals surface area (Å²) in [5.74, 6) is -1.07. The summed E-state index contributed by atoms with van der Waals surface area (Å²) < 4.78 is 17.9. The number of halogens is 2. The summed E-state index contributed by atoms with van der Waals surface area (Å²) in [6, 6.07) is 3.76. The van der Waals surface area contributed by atoms with Crippen LogP contribution in [0.25, 0.3) is 0 Å². The summed E-state index contributed by atoms with van der Waals surface area (Å²) >= 11 is 5.58. The average Bonchev–Trinajstić information content (AvgIpc) is 2.21. The fraction of sp³-hybridized carbons (Fsp3) is 0.300. The number of methoxy groups -OCH3 is 1.